The first-order valence-corrected chi connectivity index (χ1v) is 10.1. The maximum atomic E-state index is 6.73. The molecule has 1 atom stereocenters. The van der Waals surface area contributed by atoms with E-state index in [1.165, 1.54) is 0 Å². The molecule has 1 rings (SSSR count). The van der Waals surface area contributed by atoms with Crippen LogP contribution in [0.5, 0.6) is 0 Å². The molecule has 3 heteroatoms. The van der Waals surface area contributed by atoms with Crippen molar-refractivity contribution in [2.45, 2.75) is 77.1 Å². The molecule has 0 N–H and O–H groups in total. The van der Waals surface area contributed by atoms with Crippen LogP contribution in [0.1, 0.15) is 54.4 Å². The molecule has 1 aliphatic rings. The molecule has 0 aliphatic carbocycles. The molecule has 1 aliphatic heterocycles. The molecule has 1 heterocycles. The average molecular weight is 297 g/mol. The van der Waals surface area contributed by atoms with Crippen LogP contribution in [0.3, 0.4) is 0 Å². The van der Waals surface area contributed by atoms with E-state index in [2.05, 4.69) is 54.2 Å². The van der Waals surface area contributed by atoms with E-state index in [0.717, 1.165) is 25.2 Å². The highest BCUT2D eigenvalue weighted by atomic mass is 28.4. The molecule has 0 amide bonds. The smallest absolute Gasteiger partial charge is 0.258 e. The monoisotopic (exact) mass is 296 g/mol. The average Bonchev–Trinajstić information content (AvgIpc) is 2.35. The van der Waals surface area contributed by atoms with Crippen LogP contribution in [-0.4, -0.2) is 21.0 Å². The summed E-state index contributed by atoms with van der Waals surface area (Å²) in [7, 11) is -1.82. The van der Waals surface area contributed by atoms with Gasteiger partial charge in [0, 0.05) is 6.42 Å². The van der Waals surface area contributed by atoms with E-state index in [4.69, 9.17) is 9.16 Å². The van der Waals surface area contributed by atoms with Crippen molar-refractivity contribution in [3.63, 3.8) is 0 Å². The van der Waals surface area contributed by atoms with Crippen molar-refractivity contribution in [2.24, 2.45) is 0 Å². The molecule has 20 heavy (non-hydrogen) atoms. The molecular weight excluding hydrogens is 264 g/mol. The highest BCUT2D eigenvalue weighted by Crippen LogP contribution is 2.44. The lowest BCUT2D eigenvalue weighted by atomic mass is 10.1. The van der Waals surface area contributed by atoms with Crippen molar-refractivity contribution in [3.05, 3.63) is 24.5 Å². The minimum Gasteiger partial charge on any atom is -0.546 e. The largest absolute Gasteiger partial charge is 0.546 e. The Balaban J connectivity index is 2.97. The maximum Gasteiger partial charge on any atom is 0.258 e. The van der Waals surface area contributed by atoms with E-state index in [1.54, 1.807) is 0 Å². The zero-order valence-corrected chi connectivity index (χ0v) is 15.1. The van der Waals surface area contributed by atoms with Crippen LogP contribution < -0.4 is 0 Å². The second-order valence-electron chi connectivity index (χ2n) is 6.74. The fourth-order valence-electron chi connectivity index (χ4n) is 3.62. The van der Waals surface area contributed by atoms with Gasteiger partial charge in [-0.1, -0.05) is 47.6 Å². The molecular formula is C17H32O2Si. The highest BCUT2D eigenvalue weighted by Gasteiger charge is 2.47. The lowest BCUT2D eigenvalue weighted by molar-refractivity contribution is 0.0669. The summed E-state index contributed by atoms with van der Waals surface area (Å²) >= 11 is 0. The predicted octanol–water partition coefficient (Wildman–Crippen LogP) is 5.43. The lowest BCUT2D eigenvalue weighted by Gasteiger charge is -2.43. The number of hydrogen-bond acceptors (Lipinski definition) is 2. The molecule has 0 spiro atoms. The highest BCUT2D eigenvalue weighted by molar-refractivity contribution is 6.77. The molecule has 0 aromatic heterocycles. The molecule has 2 nitrogen and oxygen atoms in total. The van der Waals surface area contributed by atoms with Crippen molar-refractivity contribution >= 4 is 8.32 Å². The molecule has 0 radical (unpaired) electrons. The van der Waals surface area contributed by atoms with Gasteiger partial charge in [-0.2, -0.15) is 0 Å². The third-order valence-electron chi connectivity index (χ3n) is 4.47. The van der Waals surface area contributed by atoms with E-state index >= 15 is 0 Å². The van der Waals surface area contributed by atoms with Gasteiger partial charge < -0.3 is 9.16 Å². The van der Waals surface area contributed by atoms with E-state index in [9.17, 15) is 0 Å². The van der Waals surface area contributed by atoms with Crippen molar-refractivity contribution in [1.29, 1.82) is 0 Å². The topological polar surface area (TPSA) is 18.5 Å². The molecule has 0 saturated carbocycles. The van der Waals surface area contributed by atoms with Gasteiger partial charge in [0.05, 0.1) is 18.5 Å². The first kappa shape index (κ1) is 17.5. The van der Waals surface area contributed by atoms with Crippen molar-refractivity contribution < 1.29 is 9.16 Å². The molecule has 0 fully saturated rings. The van der Waals surface area contributed by atoms with Crippen LogP contribution in [0.2, 0.25) is 16.6 Å². The van der Waals surface area contributed by atoms with E-state index < -0.39 is 8.32 Å². The number of hydrogen-bond donors (Lipinski definition) is 0. The van der Waals surface area contributed by atoms with E-state index in [0.29, 0.717) is 16.6 Å². The molecule has 0 aromatic rings. The molecule has 0 saturated heterocycles. The van der Waals surface area contributed by atoms with Crippen molar-refractivity contribution in [2.75, 3.05) is 6.61 Å². The number of rotatable bonds is 7. The molecule has 0 aromatic carbocycles. The maximum absolute atomic E-state index is 6.73. The first-order chi connectivity index (χ1) is 9.34. The second kappa shape index (κ2) is 7.46. The quantitative estimate of drug-likeness (QED) is 0.461. The third-order valence-corrected chi connectivity index (χ3v) is 10.5. The Morgan fingerprint density at radius 3 is 2.25 bits per heavy atom. The first-order valence-electron chi connectivity index (χ1n) is 7.96. The zero-order chi connectivity index (χ0) is 15.3. The standard InChI is InChI=1S/C17H32O2Si/c1-8-9-16-12-17(10-11-18-16)19-20(13(2)3,14(4)5)15(6)7/h8,12-16H,1,9-11H2,2-7H3. The van der Waals surface area contributed by atoms with Gasteiger partial charge in [-0.25, -0.2) is 0 Å². The van der Waals surface area contributed by atoms with Crippen LogP contribution in [0.15, 0.2) is 24.5 Å². The van der Waals surface area contributed by atoms with Gasteiger partial charge in [-0.05, 0) is 29.1 Å². The van der Waals surface area contributed by atoms with Crippen LogP contribution >= 0.6 is 0 Å². The summed E-state index contributed by atoms with van der Waals surface area (Å²) < 4.78 is 12.5. The van der Waals surface area contributed by atoms with Crippen LogP contribution in [-0.2, 0) is 9.16 Å². The normalized spacial score (nSPS) is 20.4. The van der Waals surface area contributed by atoms with E-state index in [1.807, 2.05) is 6.08 Å². The molecule has 1 unspecified atom stereocenters. The van der Waals surface area contributed by atoms with Crippen LogP contribution in [0.4, 0.5) is 0 Å². The summed E-state index contributed by atoms with van der Waals surface area (Å²) in [6, 6.07) is 0. The van der Waals surface area contributed by atoms with Crippen molar-refractivity contribution in [3.8, 4) is 0 Å². The second-order valence-corrected chi connectivity index (χ2v) is 12.1. The van der Waals surface area contributed by atoms with Gasteiger partial charge in [0.15, 0.2) is 0 Å². The van der Waals surface area contributed by atoms with E-state index in [-0.39, 0.29) is 6.10 Å². The Labute approximate surface area is 126 Å². The minimum atomic E-state index is -1.82. The fraction of sp³-hybridized carbons (Fsp3) is 0.765. The Hall–Kier alpha value is -0.543. The third kappa shape index (κ3) is 3.76. The predicted molar refractivity (Wildman–Crippen MR) is 89.4 cm³/mol. The Morgan fingerprint density at radius 2 is 1.80 bits per heavy atom. The summed E-state index contributed by atoms with van der Waals surface area (Å²) in [5.74, 6) is 1.16. The van der Waals surface area contributed by atoms with Crippen molar-refractivity contribution in [1.82, 2.24) is 0 Å². The summed E-state index contributed by atoms with van der Waals surface area (Å²) in [5, 5.41) is 0. The Bertz CT molecular complexity index is 323. The SMILES string of the molecule is C=CCC1C=C(O[Si](C(C)C)(C(C)C)C(C)C)CCO1. The Morgan fingerprint density at radius 1 is 1.25 bits per heavy atom. The summed E-state index contributed by atoms with van der Waals surface area (Å²) in [5.41, 5.74) is 1.84. The number of ether oxygens (including phenoxy) is 1. The summed E-state index contributed by atoms with van der Waals surface area (Å²) in [6.07, 6.45) is 6.03. The lowest BCUT2D eigenvalue weighted by Crippen LogP contribution is -2.47. The van der Waals surface area contributed by atoms with Crippen LogP contribution in [0.25, 0.3) is 0 Å². The molecule has 0 bridgehead atoms. The zero-order valence-electron chi connectivity index (χ0n) is 14.1. The summed E-state index contributed by atoms with van der Waals surface area (Å²) in [6.45, 7) is 18.5. The minimum absolute atomic E-state index is 0.148. The summed E-state index contributed by atoms with van der Waals surface area (Å²) in [4.78, 5) is 0. The van der Waals surface area contributed by atoms with Gasteiger partial charge in [-0.3, -0.25) is 0 Å². The molecule has 116 valence electrons. The Kier molecular flexibility index (Phi) is 6.53. The van der Waals surface area contributed by atoms with Gasteiger partial charge in [0.2, 0.25) is 0 Å². The van der Waals surface area contributed by atoms with Gasteiger partial charge in [-0.15, -0.1) is 6.58 Å². The van der Waals surface area contributed by atoms with Gasteiger partial charge >= 0.3 is 0 Å². The fourth-order valence-corrected chi connectivity index (χ4v) is 8.95. The van der Waals surface area contributed by atoms with Gasteiger partial charge in [0.25, 0.3) is 8.32 Å². The van der Waals surface area contributed by atoms with Crippen LogP contribution in [0, 0.1) is 0 Å². The van der Waals surface area contributed by atoms with Gasteiger partial charge in [0.1, 0.15) is 0 Å².